The Hall–Kier alpha value is -2.91. The molecule has 1 aliphatic heterocycles. The van der Waals surface area contributed by atoms with Crippen molar-refractivity contribution in [1.29, 1.82) is 5.26 Å². The minimum atomic E-state index is -0.431. The fraction of sp³-hybridized carbons (Fsp3) is 0.391. The first-order valence-electron chi connectivity index (χ1n) is 9.79. The minimum absolute atomic E-state index is 0.0289. The van der Waals surface area contributed by atoms with Crippen molar-refractivity contribution in [2.45, 2.75) is 45.9 Å². The van der Waals surface area contributed by atoms with Crippen molar-refractivity contribution in [3.63, 3.8) is 0 Å². The Morgan fingerprint density at radius 3 is 2.83 bits per heavy atom. The Balaban J connectivity index is 1.79. The van der Waals surface area contributed by atoms with E-state index in [2.05, 4.69) is 4.57 Å². The summed E-state index contributed by atoms with van der Waals surface area (Å²) in [5, 5.41) is 9.56. The number of nitrogens with zero attached hydrogens (tertiary/aromatic N) is 3. The number of carbonyl (C=O) groups excluding carboxylic acids is 1. The summed E-state index contributed by atoms with van der Waals surface area (Å²) in [6.45, 7) is 5.67. The van der Waals surface area contributed by atoms with Crippen molar-refractivity contribution in [3.8, 4) is 6.07 Å². The summed E-state index contributed by atoms with van der Waals surface area (Å²) in [7, 11) is 1.57. The van der Waals surface area contributed by atoms with E-state index < -0.39 is 5.91 Å². The lowest BCUT2D eigenvalue weighted by atomic mass is 10.1. The molecule has 1 aliphatic rings. The van der Waals surface area contributed by atoms with Crippen LogP contribution in [0.15, 0.2) is 35.9 Å². The van der Waals surface area contributed by atoms with E-state index in [9.17, 15) is 14.4 Å². The van der Waals surface area contributed by atoms with Gasteiger partial charge in [-0.25, -0.2) is 4.39 Å². The number of rotatable bonds is 6. The molecule has 1 atom stereocenters. The normalized spacial score (nSPS) is 16.7. The molecule has 29 heavy (non-hydrogen) atoms. The Kier molecular flexibility index (Phi) is 6.50. The molecular weight excluding hydrogens is 369 g/mol. The highest BCUT2D eigenvalue weighted by Gasteiger charge is 2.20. The van der Waals surface area contributed by atoms with Crippen LogP contribution in [0.3, 0.4) is 0 Å². The van der Waals surface area contributed by atoms with Gasteiger partial charge in [0, 0.05) is 43.7 Å². The molecule has 152 valence electrons. The van der Waals surface area contributed by atoms with Crippen LogP contribution in [0, 0.1) is 31.0 Å². The second-order valence-electron chi connectivity index (χ2n) is 7.49. The molecule has 6 heteroatoms. The average Bonchev–Trinajstić information content (AvgIpc) is 3.31. The van der Waals surface area contributed by atoms with E-state index in [0.717, 1.165) is 42.9 Å². The Labute approximate surface area is 171 Å². The number of benzene rings is 1. The molecule has 1 fully saturated rings. The molecule has 0 saturated carbocycles. The number of ether oxygens (including phenoxy) is 1. The summed E-state index contributed by atoms with van der Waals surface area (Å²) in [5.74, 6) is -0.799. The Morgan fingerprint density at radius 2 is 2.17 bits per heavy atom. The third-order valence-electron chi connectivity index (χ3n) is 5.39. The lowest BCUT2D eigenvalue weighted by Crippen LogP contribution is -2.27. The third-order valence-corrected chi connectivity index (χ3v) is 5.39. The summed E-state index contributed by atoms with van der Waals surface area (Å²) < 4.78 is 21.8. The number of amides is 1. The van der Waals surface area contributed by atoms with Crippen LogP contribution < -0.4 is 0 Å². The summed E-state index contributed by atoms with van der Waals surface area (Å²) in [6.07, 6.45) is 3.96. The first kappa shape index (κ1) is 20.8. The first-order valence-corrected chi connectivity index (χ1v) is 9.79. The number of likely N-dealkylation sites (N-methyl/N-ethyl adjacent to an activating group) is 1. The lowest BCUT2D eigenvalue weighted by molar-refractivity contribution is -0.125. The zero-order chi connectivity index (χ0) is 21.0. The van der Waals surface area contributed by atoms with Gasteiger partial charge in [-0.3, -0.25) is 4.79 Å². The molecule has 1 aromatic heterocycles. The molecule has 1 unspecified atom stereocenters. The quantitative estimate of drug-likeness (QED) is 0.549. The van der Waals surface area contributed by atoms with Gasteiger partial charge < -0.3 is 14.2 Å². The number of aryl methyl sites for hydroxylation is 1. The molecule has 2 heterocycles. The average molecular weight is 395 g/mol. The molecule has 2 aromatic rings. The monoisotopic (exact) mass is 395 g/mol. The van der Waals surface area contributed by atoms with Gasteiger partial charge in [-0.1, -0.05) is 18.2 Å². The van der Waals surface area contributed by atoms with E-state index in [4.69, 9.17) is 4.74 Å². The van der Waals surface area contributed by atoms with E-state index in [-0.39, 0.29) is 24.0 Å². The molecule has 1 amide bonds. The zero-order valence-electron chi connectivity index (χ0n) is 17.1. The standard InChI is InChI=1S/C23H26FN3O2/c1-16-11-19(17(2)27(16)15-21-8-6-10-29-21)12-20(13-25)23(28)26(3)14-18-7-4-5-9-22(18)24/h4-5,7,9,11-12,21H,6,8,10,14-15H2,1-3H3/b20-12+. The predicted molar refractivity (Wildman–Crippen MR) is 109 cm³/mol. The highest BCUT2D eigenvalue weighted by Crippen LogP contribution is 2.22. The van der Waals surface area contributed by atoms with E-state index in [1.54, 1.807) is 31.3 Å². The maximum Gasteiger partial charge on any atom is 0.264 e. The van der Waals surface area contributed by atoms with Crippen molar-refractivity contribution in [2.24, 2.45) is 0 Å². The van der Waals surface area contributed by atoms with Gasteiger partial charge in [0.2, 0.25) is 0 Å². The molecule has 0 spiro atoms. The maximum absolute atomic E-state index is 13.9. The largest absolute Gasteiger partial charge is 0.376 e. The number of hydrogen-bond acceptors (Lipinski definition) is 3. The number of hydrogen-bond donors (Lipinski definition) is 0. The van der Waals surface area contributed by atoms with E-state index in [1.165, 1.54) is 11.0 Å². The van der Waals surface area contributed by atoms with Crippen molar-refractivity contribution < 1.29 is 13.9 Å². The van der Waals surface area contributed by atoms with Gasteiger partial charge in [0.25, 0.3) is 5.91 Å². The van der Waals surface area contributed by atoms with E-state index >= 15 is 0 Å². The number of carbonyl (C=O) groups is 1. The summed E-state index contributed by atoms with van der Waals surface area (Å²) in [6, 6.07) is 10.3. The van der Waals surface area contributed by atoms with E-state index in [1.807, 2.05) is 26.0 Å². The molecule has 5 nitrogen and oxygen atoms in total. The summed E-state index contributed by atoms with van der Waals surface area (Å²) in [5.41, 5.74) is 3.34. The highest BCUT2D eigenvalue weighted by atomic mass is 19.1. The highest BCUT2D eigenvalue weighted by molar-refractivity contribution is 6.01. The van der Waals surface area contributed by atoms with Crippen LogP contribution in [0.1, 0.15) is 35.4 Å². The zero-order valence-corrected chi connectivity index (χ0v) is 17.1. The van der Waals surface area contributed by atoms with Crippen LogP contribution in [0.2, 0.25) is 0 Å². The smallest absolute Gasteiger partial charge is 0.264 e. The molecule has 3 rings (SSSR count). The van der Waals surface area contributed by atoms with Crippen LogP contribution in [0.25, 0.3) is 6.08 Å². The molecule has 0 bridgehead atoms. The molecular formula is C23H26FN3O2. The second-order valence-corrected chi connectivity index (χ2v) is 7.49. The SMILES string of the molecule is Cc1cc(/C=C(\C#N)C(=O)N(C)Cc2ccccc2F)c(C)n1CC1CCCO1. The van der Waals surface area contributed by atoms with Crippen molar-refractivity contribution >= 4 is 12.0 Å². The maximum atomic E-state index is 13.9. The van der Waals surface area contributed by atoms with Gasteiger partial charge >= 0.3 is 0 Å². The fourth-order valence-electron chi connectivity index (χ4n) is 3.70. The van der Waals surface area contributed by atoms with Crippen molar-refractivity contribution in [2.75, 3.05) is 13.7 Å². The van der Waals surface area contributed by atoms with Crippen LogP contribution in [-0.4, -0.2) is 35.1 Å². The second kappa shape index (κ2) is 9.06. The van der Waals surface area contributed by atoms with Gasteiger partial charge in [-0.15, -0.1) is 0 Å². The Bertz CT molecular complexity index is 965. The van der Waals surface area contributed by atoms with Crippen molar-refractivity contribution in [1.82, 2.24) is 9.47 Å². The van der Waals surface area contributed by atoms with Crippen LogP contribution in [0.5, 0.6) is 0 Å². The molecule has 0 radical (unpaired) electrons. The van der Waals surface area contributed by atoms with Gasteiger partial charge in [-0.2, -0.15) is 5.26 Å². The third kappa shape index (κ3) is 4.75. The first-order chi connectivity index (χ1) is 13.9. The Morgan fingerprint density at radius 1 is 1.41 bits per heavy atom. The van der Waals surface area contributed by atoms with Crippen LogP contribution >= 0.6 is 0 Å². The topological polar surface area (TPSA) is 58.3 Å². The van der Waals surface area contributed by atoms with Gasteiger partial charge in [-0.05, 0) is 50.5 Å². The predicted octanol–water partition coefficient (Wildman–Crippen LogP) is 3.99. The molecule has 1 saturated heterocycles. The molecule has 0 aliphatic carbocycles. The van der Waals surface area contributed by atoms with Gasteiger partial charge in [0.05, 0.1) is 6.10 Å². The fourth-order valence-corrected chi connectivity index (χ4v) is 3.70. The molecule has 0 N–H and O–H groups in total. The van der Waals surface area contributed by atoms with Gasteiger partial charge in [0.15, 0.2) is 0 Å². The van der Waals surface area contributed by atoms with Gasteiger partial charge in [0.1, 0.15) is 17.5 Å². The summed E-state index contributed by atoms with van der Waals surface area (Å²) in [4.78, 5) is 14.1. The number of aromatic nitrogens is 1. The number of nitriles is 1. The molecule has 1 aromatic carbocycles. The summed E-state index contributed by atoms with van der Waals surface area (Å²) >= 11 is 0. The lowest BCUT2D eigenvalue weighted by Gasteiger charge is -2.17. The van der Waals surface area contributed by atoms with Crippen molar-refractivity contribution in [3.05, 3.63) is 64.2 Å². The van der Waals surface area contributed by atoms with Crippen LogP contribution in [0.4, 0.5) is 4.39 Å². The van der Waals surface area contributed by atoms with Crippen LogP contribution in [-0.2, 0) is 22.6 Å². The van der Waals surface area contributed by atoms with E-state index in [0.29, 0.717) is 5.56 Å². The minimum Gasteiger partial charge on any atom is -0.376 e. The number of halogens is 1.